The van der Waals surface area contributed by atoms with E-state index in [-0.39, 0.29) is 5.91 Å². The maximum absolute atomic E-state index is 12.4. The van der Waals surface area contributed by atoms with Gasteiger partial charge in [0.2, 0.25) is 0 Å². The van der Waals surface area contributed by atoms with Gasteiger partial charge in [0.15, 0.2) is 0 Å². The Balaban J connectivity index is 1.51. The van der Waals surface area contributed by atoms with E-state index in [9.17, 15) is 4.79 Å². The second-order valence-electron chi connectivity index (χ2n) is 6.49. The molecule has 3 aromatic carbocycles. The van der Waals surface area contributed by atoms with Gasteiger partial charge in [-0.05, 0) is 72.8 Å². The molecule has 1 heterocycles. The topological polar surface area (TPSA) is 78.3 Å². The molecular weight excluding hydrogens is 380 g/mol. The van der Waals surface area contributed by atoms with Crippen molar-refractivity contribution >= 4 is 11.6 Å². The van der Waals surface area contributed by atoms with Crippen LogP contribution in [0.2, 0.25) is 0 Å². The molecule has 4 rings (SSSR count). The van der Waals surface area contributed by atoms with Crippen molar-refractivity contribution in [2.75, 3.05) is 19.5 Å². The van der Waals surface area contributed by atoms with Gasteiger partial charge in [-0.3, -0.25) is 4.79 Å². The van der Waals surface area contributed by atoms with Crippen LogP contribution in [0.1, 0.15) is 10.4 Å². The van der Waals surface area contributed by atoms with Gasteiger partial charge in [-0.25, -0.2) is 4.68 Å². The summed E-state index contributed by atoms with van der Waals surface area (Å²) in [6, 6.07) is 22.1. The van der Waals surface area contributed by atoms with Crippen LogP contribution in [0.3, 0.4) is 0 Å². The van der Waals surface area contributed by atoms with Crippen LogP contribution in [0.25, 0.3) is 16.9 Å². The number of hydrogen-bond donors (Lipinski definition) is 1. The first kappa shape index (κ1) is 19.2. The second-order valence-corrected chi connectivity index (χ2v) is 6.49. The molecule has 7 heteroatoms. The molecule has 0 unspecified atom stereocenters. The third-order valence-electron chi connectivity index (χ3n) is 4.66. The van der Waals surface area contributed by atoms with E-state index in [1.165, 1.54) is 0 Å². The molecule has 150 valence electrons. The molecule has 0 aliphatic carbocycles. The average molecular weight is 400 g/mol. The summed E-state index contributed by atoms with van der Waals surface area (Å²) in [6.07, 6.45) is 1.71. The molecule has 0 saturated carbocycles. The van der Waals surface area contributed by atoms with Crippen molar-refractivity contribution in [3.63, 3.8) is 0 Å². The van der Waals surface area contributed by atoms with Gasteiger partial charge in [0, 0.05) is 16.8 Å². The summed E-state index contributed by atoms with van der Waals surface area (Å²) < 4.78 is 12.1. The van der Waals surface area contributed by atoms with Crippen LogP contribution in [-0.4, -0.2) is 35.1 Å². The number of benzene rings is 3. The Bertz CT molecular complexity index is 1130. The molecule has 0 saturated heterocycles. The SMILES string of the molecule is COc1ccc(C(=O)Nc2ccc(-n3nncc3-c3ccc(OC)cc3)cc2)cc1. The number of carbonyl (C=O) groups excluding carboxylic acids is 1. The van der Waals surface area contributed by atoms with Crippen molar-refractivity contribution in [1.29, 1.82) is 0 Å². The van der Waals surface area contributed by atoms with E-state index in [1.54, 1.807) is 49.4 Å². The van der Waals surface area contributed by atoms with Crippen LogP contribution in [0, 0.1) is 0 Å². The van der Waals surface area contributed by atoms with Crippen LogP contribution < -0.4 is 14.8 Å². The number of ether oxygens (including phenoxy) is 2. The smallest absolute Gasteiger partial charge is 0.255 e. The fourth-order valence-corrected chi connectivity index (χ4v) is 3.02. The first-order chi connectivity index (χ1) is 14.7. The molecule has 0 aliphatic rings. The summed E-state index contributed by atoms with van der Waals surface area (Å²) in [4.78, 5) is 12.4. The Morgan fingerprint density at radius 2 is 1.43 bits per heavy atom. The minimum atomic E-state index is -0.190. The Labute approximate surface area is 173 Å². The molecular formula is C23H20N4O3. The van der Waals surface area contributed by atoms with Crippen LogP contribution in [0.4, 0.5) is 5.69 Å². The van der Waals surface area contributed by atoms with E-state index in [2.05, 4.69) is 15.6 Å². The second kappa shape index (κ2) is 8.48. The molecule has 0 spiro atoms. The summed E-state index contributed by atoms with van der Waals surface area (Å²) >= 11 is 0. The molecule has 4 aromatic rings. The number of nitrogens with one attached hydrogen (secondary N) is 1. The number of methoxy groups -OCH3 is 2. The number of hydrogen-bond acceptors (Lipinski definition) is 5. The standard InChI is InChI=1S/C23H20N4O3/c1-29-20-11-3-16(4-12-20)22-15-24-26-27(22)19-9-7-18(8-10-19)25-23(28)17-5-13-21(30-2)14-6-17/h3-15H,1-2H3,(H,25,28). The van der Waals surface area contributed by atoms with Gasteiger partial charge in [-0.1, -0.05) is 5.21 Å². The molecule has 0 aliphatic heterocycles. The van der Waals surface area contributed by atoms with E-state index < -0.39 is 0 Å². The zero-order valence-corrected chi connectivity index (χ0v) is 16.6. The quantitative estimate of drug-likeness (QED) is 0.525. The molecule has 1 N–H and O–H groups in total. The number of amides is 1. The highest BCUT2D eigenvalue weighted by Crippen LogP contribution is 2.24. The number of carbonyl (C=O) groups is 1. The van der Waals surface area contributed by atoms with Crippen LogP contribution in [0.5, 0.6) is 11.5 Å². The lowest BCUT2D eigenvalue weighted by Gasteiger charge is -2.09. The highest BCUT2D eigenvalue weighted by molar-refractivity contribution is 6.04. The average Bonchev–Trinajstić information content (AvgIpc) is 3.29. The van der Waals surface area contributed by atoms with Gasteiger partial charge in [0.05, 0.1) is 31.8 Å². The molecule has 1 amide bonds. The largest absolute Gasteiger partial charge is 0.497 e. The number of nitrogens with zero attached hydrogens (tertiary/aromatic N) is 3. The molecule has 0 fully saturated rings. The summed E-state index contributed by atoms with van der Waals surface area (Å²) in [7, 11) is 3.22. The normalized spacial score (nSPS) is 10.5. The molecule has 1 aromatic heterocycles. The Hall–Kier alpha value is -4.13. The summed E-state index contributed by atoms with van der Waals surface area (Å²) in [5.74, 6) is 1.30. The minimum absolute atomic E-state index is 0.190. The predicted molar refractivity (Wildman–Crippen MR) is 114 cm³/mol. The van der Waals surface area contributed by atoms with Gasteiger partial charge in [0.1, 0.15) is 11.5 Å². The highest BCUT2D eigenvalue weighted by atomic mass is 16.5. The molecule has 0 atom stereocenters. The molecule has 0 radical (unpaired) electrons. The van der Waals surface area contributed by atoms with Crippen molar-refractivity contribution < 1.29 is 14.3 Å². The predicted octanol–water partition coefficient (Wildman–Crippen LogP) is 4.20. The fourth-order valence-electron chi connectivity index (χ4n) is 3.02. The van der Waals surface area contributed by atoms with Crippen LogP contribution in [-0.2, 0) is 0 Å². The van der Waals surface area contributed by atoms with E-state index in [1.807, 2.05) is 48.5 Å². The number of anilines is 1. The lowest BCUT2D eigenvalue weighted by Crippen LogP contribution is -2.11. The lowest BCUT2D eigenvalue weighted by molar-refractivity contribution is 0.102. The van der Waals surface area contributed by atoms with Crippen molar-refractivity contribution in [3.05, 3.63) is 84.6 Å². The van der Waals surface area contributed by atoms with Gasteiger partial charge < -0.3 is 14.8 Å². The van der Waals surface area contributed by atoms with E-state index >= 15 is 0 Å². The first-order valence-electron chi connectivity index (χ1n) is 9.29. The third-order valence-corrected chi connectivity index (χ3v) is 4.66. The Kier molecular flexibility index (Phi) is 5.43. The maximum Gasteiger partial charge on any atom is 0.255 e. The van der Waals surface area contributed by atoms with E-state index in [0.29, 0.717) is 17.0 Å². The highest BCUT2D eigenvalue weighted by Gasteiger charge is 2.10. The van der Waals surface area contributed by atoms with Crippen molar-refractivity contribution in [3.8, 4) is 28.4 Å². The van der Waals surface area contributed by atoms with Gasteiger partial charge >= 0.3 is 0 Å². The van der Waals surface area contributed by atoms with Gasteiger partial charge in [-0.2, -0.15) is 0 Å². The van der Waals surface area contributed by atoms with Crippen molar-refractivity contribution in [2.45, 2.75) is 0 Å². The summed E-state index contributed by atoms with van der Waals surface area (Å²) in [5.41, 5.74) is 3.90. The lowest BCUT2D eigenvalue weighted by atomic mass is 10.1. The van der Waals surface area contributed by atoms with E-state index in [4.69, 9.17) is 9.47 Å². The fraction of sp³-hybridized carbons (Fsp3) is 0.0870. The van der Waals surface area contributed by atoms with Crippen LogP contribution >= 0.6 is 0 Å². The van der Waals surface area contributed by atoms with Crippen LogP contribution in [0.15, 0.2) is 79.0 Å². The maximum atomic E-state index is 12.4. The van der Waals surface area contributed by atoms with Gasteiger partial charge in [-0.15, -0.1) is 5.10 Å². The summed E-state index contributed by atoms with van der Waals surface area (Å²) in [6.45, 7) is 0. The number of rotatable bonds is 6. The molecule has 7 nitrogen and oxygen atoms in total. The van der Waals surface area contributed by atoms with Crippen molar-refractivity contribution in [2.24, 2.45) is 0 Å². The summed E-state index contributed by atoms with van der Waals surface area (Å²) in [5, 5.41) is 11.1. The van der Waals surface area contributed by atoms with Crippen molar-refractivity contribution in [1.82, 2.24) is 15.0 Å². The number of aromatic nitrogens is 3. The van der Waals surface area contributed by atoms with E-state index in [0.717, 1.165) is 22.7 Å². The zero-order chi connectivity index (χ0) is 20.9. The monoisotopic (exact) mass is 400 g/mol. The first-order valence-corrected chi connectivity index (χ1v) is 9.29. The minimum Gasteiger partial charge on any atom is -0.497 e. The van der Waals surface area contributed by atoms with Gasteiger partial charge in [0.25, 0.3) is 5.91 Å². The molecule has 0 bridgehead atoms. The molecule has 30 heavy (non-hydrogen) atoms. The Morgan fingerprint density at radius 1 is 0.833 bits per heavy atom. The Morgan fingerprint density at radius 3 is 2.03 bits per heavy atom. The third kappa shape index (κ3) is 4.00. The zero-order valence-electron chi connectivity index (χ0n) is 16.6.